The third-order valence-corrected chi connectivity index (χ3v) is 1.20. The fraction of sp³-hybridized carbons (Fsp3) is 0.308. The first-order chi connectivity index (χ1) is 11.3. The number of hydrogen-bond donors (Lipinski definition) is 2. The Bertz CT molecular complexity index is 571. The van der Waals surface area contributed by atoms with Crippen LogP contribution in [-0.4, -0.2) is 45.3 Å². The molecule has 0 aliphatic rings. The molecule has 0 fully saturated rings. The fourth-order valence-electron chi connectivity index (χ4n) is 0.706. The van der Waals surface area contributed by atoms with Crippen molar-refractivity contribution in [3.63, 3.8) is 0 Å². The molecule has 0 radical (unpaired) electrons. The van der Waals surface area contributed by atoms with E-state index in [9.17, 15) is 24.5 Å². The van der Waals surface area contributed by atoms with Crippen LogP contribution in [-0.2, 0) is 23.9 Å². The molecule has 0 saturated heterocycles. The van der Waals surface area contributed by atoms with Crippen molar-refractivity contribution in [2.75, 3.05) is 0 Å². The molecule has 0 unspecified atom stereocenters. The second-order valence-corrected chi connectivity index (χ2v) is 3.67. The van der Waals surface area contributed by atoms with Gasteiger partial charge in [-0.3, -0.25) is 34.1 Å². The van der Waals surface area contributed by atoms with Gasteiger partial charge >= 0.3 is 17.8 Å². The molecule has 0 bridgehead atoms. The van der Waals surface area contributed by atoms with Crippen molar-refractivity contribution in [3.05, 3.63) is 28.0 Å². The van der Waals surface area contributed by atoms with Gasteiger partial charge in [0.05, 0.1) is 6.07 Å². The number of hydrogen-bond acceptors (Lipinski definition) is 9. The number of carbonyl (C=O) groups is 5. The Hall–Kier alpha value is -3.57. The van der Waals surface area contributed by atoms with Gasteiger partial charge in [0.25, 0.3) is 11.9 Å². The highest BCUT2D eigenvalue weighted by molar-refractivity contribution is 5.82. The maximum atomic E-state index is 9.93. The number of nitrogens with zero attached hydrogens (tertiary/aromatic N) is 1. The summed E-state index contributed by atoms with van der Waals surface area (Å²) in [4.78, 5) is 56.8. The predicted molar refractivity (Wildman–Crippen MR) is 79.8 cm³/mol. The smallest absolute Gasteiger partial charge is 0.433 e. The average molecular weight is 363 g/mol. The highest BCUT2D eigenvalue weighted by Crippen LogP contribution is 2.13. The summed E-state index contributed by atoms with van der Waals surface area (Å²) >= 11 is 0. The lowest BCUT2D eigenvalue weighted by molar-refractivity contribution is -0.402. The van der Waals surface area contributed by atoms with E-state index < -0.39 is 34.7 Å². The van der Waals surface area contributed by atoms with Crippen LogP contribution in [0.1, 0.15) is 38.2 Å². The van der Waals surface area contributed by atoms with Gasteiger partial charge in [-0.15, -0.1) is 0 Å². The van der Waals surface area contributed by atoms with E-state index in [4.69, 9.17) is 19.8 Å². The second kappa shape index (κ2) is 15.3. The Balaban J connectivity index is -0.000000283. The number of carboxylic acid groups (broad SMARTS) is 2. The fourth-order valence-corrected chi connectivity index (χ4v) is 0.706. The van der Waals surface area contributed by atoms with E-state index in [-0.39, 0.29) is 5.76 Å². The summed E-state index contributed by atoms with van der Waals surface area (Å²) in [5.74, 6) is -3.24. The third-order valence-electron chi connectivity index (χ3n) is 1.20. The van der Waals surface area contributed by atoms with Crippen molar-refractivity contribution in [2.24, 2.45) is 0 Å². The zero-order chi connectivity index (χ0) is 20.6. The van der Waals surface area contributed by atoms with E-state index in [2.05, 4.69) is 9.15 Å². The Morgan fingerprint density at radius 1 is 1.04 bits per heavy atom. The molecule has 12 nitrogen and oxygen atoms in total. The number of furan rings is 1. The van der Waals surface area contributed by atoms with Gasteiger partial charge in [0.2, 0.25) is 0 Å². The summed E-state index contributed by atoms with van der Waals surface area (Å²) in [6.07, 6.45) is 0.410. The van der Waals surface area contributed by atoms with E-state index >= 15 is 0 Å². The minimum Gasteiger partial charge on any atom is -0.481 e. The predicted octanol–water partition coefficient (Wildman–Crippen LogP) is 1.28. The summed E-state index contributed by atoms with van der Waals surface area (Å²) in [5.41, 5.74) is 0. The first kappa shape index (κ1) is 26.3. The van der Waals surface area contributed by atoms with E-state index in [1.54, 1.807) is 0 Å². The Morgan fingerprint density at radius 3 is 1.52 bits per heavy atom. The van der Waals surface area contributed by atoms with Crippen LogP contribution in [0.25, 0.3) is 0 Å². The van der Waals surface area contributed by atoms with Gasteiger partial charge in [0.15, 0.2) is 12.0 Å². The average Bonchev–Trinajstić information content (AvgIpc) is 2.85. The molecule has 1 rings (SSSR count). The van der Waals surface area contributed by atoms with E-state index in [0.29, 0.717) is 6.29 Å². The molecule has 0 saturated carbocycles. The monoisotopic (exact) mass is 363 g/mol. The van der Waals surface area contributed by atoms with Gasteiger partial charge < -0.3 is 19.4 Å². The van der Waals surface area contributed by atoms with E-state index in [1.807, 2.05) is 0 Å². The lowest BCUT2D eigenvalue weighted by Gasteiger charge is -1.87. The van der Waals surface area contributed by atoms with Crippen LogP contribution in [0.2, 0.25) is 0 Å². The molecule has 0 aliphatic heterocycles. The zero-order valence-corrected chi connectivity index (χ0v) is 13.7. The van der Waals surface area contributed by atoms with Gasteiger partial charge in [-0.1, -0.05) is 0 Å². The quantitative estimate of drug-likeness (QED) is 0.253. The van der Waals surface area contributed by atoms with Crippen molar-refractivity contribution < 1.29 is 48.3 Å². The maximum Gasteiger partial charge on any atom is 0.433 e. The number of carbonyl (C=O) groups excluding carboxylic acids is 3. The number of aliphatic carboxylic acids is 2. The van der Waals surface area contributed by atoms with Crippen LogP contribution in [0.3, 0.4) is 0 Å². The summed E-state index contributed by atoms with van der Waals surface area (Å²) in [6.45, 7) is 4.53. The maximum absolute atomic E-state index is 9.93. The van der Waals surface area contributed by atoms with Crippen molar-refractivity contribution >= 4 is 36.0 Å². The van der Waals surface area contributed by atoms with Crippen LogP contribution in [0.5, 0.6) is 0 Å². The largest absolute Gasteiger partial charge is 0.481 e. The Labute approximate surface area is 141 Å². The lowest BCUT2D eigenvalue weighted by Crippen LogP contribution is -2.03. The highest BCUT2D eigenvalue weighted by atomic mass is 16.6. The number of carboxylic acids is 2. The molecule has 0 spiro atoms. The summed E-state index contributed by atoms with van der Waals surface area (Å²) in [7, 11) is 0. The highest BCUT2D eigenvalue weighted by Gasteiger charge is 2.10. The topological polar surface area (TPSA) is 191 Å². The van der Waals surface area contributed by atoms with Crippen LogP contribution >= 0.6 is 0 Å². The van der Waals surface area contributed by atoms with Gasteiger partial charge in [-0.2, -0.15) is 0 Å². The van der Waals surface area contributed by atoms with E-state index in [1.165, 1.54) is 19.9 Å². The van der Waals surface area contributed by atoms with Crippen LogP contribution in [0, 0.1) is 10.1 Å². The normalized spacial score (nSPS) is 7.84. The van der Waals surface area contributed by atoms with Gasteiger partial charge in [-0.25, -0.2) is 0 Å². The molecule has 140 valence electrons. The summed E-state index contributed by atoms with van der Waals surface area (Å²) in [6, 6.07) is 2.37. The minimum absolute atomic E-state index is 0.0355. The van der Waals surface area contributed by atoms with Crippen molar-refractivity contribution in [1.29, 1.82) is 0 Å². The molecule has 0 atom stereocenters. The number of aldehydes is 1. The van der Waals surface area contributed by atoms with Gasteiger partial charge in [-0.05, 0) is 6.07 Å². The summed E-state index contributed by atoms with van der Waals surface area (Å²) in [5, 5.41) is 24.8. The third kappa shape index (κ3) is 29.1. The Morgan fingerprint density at radius 2 is 1.40 bits per heavy atom. The molecule has 1 heterocycles. The molecule has 25 heavy (non-hydrogen) atoms. The van der Waals surface area contributed by atoms with Gasteiger partial charge in [0, 0.05) is 27.7 Å². The standard InChI is InChI=1S/C5H3NO4.C4H6O3.2C2H4O2/c7-3-4-1-2-5(10-4)6(8)9;1-3(5)7-4(2)6;2*1-2(3)4/h1-3H;1-2H3;2*1H3,(H,3,4). The number of rotatable bonds is 2. The minimum atomic E-state index is -0.833. The Kier molecular flexibility index (Phi) is 16.1. The number of nitro groups is 1. The van der Waals surface area contributed by atoms with Crippen LogP contribution in [0.15, 0.2) is 16.5 Å². The molecule has 0 aliphatic carbocycles. The molecule has 1 aromatic heterocycles. The molecule has 1 aromatic rings. The van der Waals surface area contributed by atoms with Crippen LogP contribution in [0.4, 0.5) is 5.88 Å². The number of ether oxygens (including phenoxy) is 1. The first-order valence-electron chi connectivity index (χ1n) is 6.10. The van der Waals surface area contributed by atoms with Crippen molar-refractivity contribution in [1.82, 2.24) is 0 Å². The second-order valence-electron chi connectivity index (χ2n) is 3.67. The number of esters is 2. The lowest BCUT2D eigenvalue weighted by atomic mass is 10.5. The molecule has 0 amide bonds. The first-order valence-corrected chi connectivity index (χ1v) is 6.10. The molecule has 12 heteroatoms. The zero-order valence-electron chi connectivity index (χ0n) is 13.7. The summed E-state index contributed by atoms with van der Waals surface area (Å²) < 4.78 is 8.40. The van der Waals surface area contributed by atoms with E-state index in [0.717, 1.165) is 19.9 Å². The SMILES string of the molecule is CC(=O)O.CC(=O)O.CC(=O)OC(C)=O.O=Cc1ccc([N+](=O)[O-])o1. The molecule has 0 aromatic carbocycles. The molecule has 2 N–H and O–H groups in total. The van der Waals surface area contributed by atoms with Crippen molar-refractivity contribution in [2.45, 2.75) is 27.7 Å². The molecular formula is C13H17NO11. The van der Waals surface area contributed by atoms with Crippen molar-refractivity contribution in [3.8, 4) is 0 Å². The van der Waals surface area contributed by atoms with Gasteiger partial charge in [0.1, 0.15) is 4.92 Å². The van der Waals surface area contributed by atoms with Crippen LogP contribution < -0.4 is 0 Å². The molecular weight excluding hydrogens is 346 g/mol.